The molecule has 37 heavy (non-hydrogen) atoms. The molecule has 0 fully saturated rings. The van der Waals surface area contributed by atoms with E-state index in [-0.39, 0.29) is 11.9 Å². The quantitative estimate of drug-likeness (QED) is 0.212. The van der Waals surface area contributed by atoms with Crippen LogP contribution in [0, 0.1) is 13.8 Å². The first-order chi connectivity index (χ1) is 17.9. The number of carbonyl (C=O) groups excluding carboxylic acids is 2. The highest BCUT2D eigenvalue weighted by molar-refractivity contribution is 6.23. The second-order valence-corrected chi connectivity index (χ2v) is 8.90. The van der Waals surface area contributed by atoms with E-state index in [2.05, 4.69) is 6.92 Å². The van der Waals surface area contributed by atoms with Gasteiger partial charge in [-0.05, 0) is 86.0 Å². The Morgan fingerprint density at radius 1 is 0.892 bits per heavy atom. The number of nitrogens with zero attached hydrogens (tertiary/aromatic N) is 1. The van der Waals surface area contributed by atoms with Gasteiger partial charge in [-0.25, -0.2) is 4.79 Å². The Balaban J connectivity index is 1.47. The van der Waals surface area contributed by atoms with Crippen molar-refractivity contribution in [2.45, 2.75) is 20.8 Å². The molecule has 0 atom stereocenters. The van der Waals surface area contributed by atoms with Crippen molar-refractivity contribution in [2.75, 3.05) is 11.5 Å². The number of furan rings is 1. The first kappa shape index (κ1) is 24.1. The van der Waals surface area contributed by atoms with Crippen LogP contribution in [0.1, 0.15) is 39.7 Å². The third-order valence-corrected chi connectivity index (χ3v) is 6.41. The molecule has 0 saturated carbocycles. The highest BCUT2D eigenvalue weighted by Gasteiger charge is 2.30. The lowest BCUT2D eigenvalue weighted by Crippen LogP contribution is -2.25. The molecule has 4 aromatic rings. The summed E-state index contributed by atoms with van der Waals surface area (Å²) in [5.74, 6) is 0.747. The zero-order valence-electron chi connectivity index (χ0n) is 21.0. The topological polar surface area (TPSA) is 59.8 Å². The third-order valence-electron chi connectivity index (χ3n) is 6.41. The van der Waals surface area contributed by atoms with Gasteiger partial charge >= 0.3 is 5.97 Å². The molecule has 0 unspecified atom stereocenters. The molecular formula is C32H27NO4. The summed E-state index contributed by atoms with van der Waals surface area (Å²) in [5, 5.41) is 0. The van der Waals surface area contributed by atoms with Crippen molar-refractivity contribution in [1.29, 1.82) is 0 Å². The Kier molecular flexibility index (Phi) is 6.60. The highest BCUT2D eigenvalue weighted by atomic mass is 16.5. The summed E-state index contributed by atoms with van der Waals surface area (Å²) in [5.41, 5.74) is 6.76. The maximum atomic E-state index is 13.6. The summed E-state index contributed by atoms with van der Waals surface area (Å²) >= 11 is 0. The van der Waals surface area contributed by atoms with Gasteiger partial charge in [0.25, 0.3) is 5.91 Å². The van der Waals surface area contributed by atoms with Gasteiger partial charge in [0, 0.05) is 16.8 Å². The van der Waals surface area contributed by atoms with Crippen molar-refractivity contribution in [2.24, 2.45) is 0 Å². The molecule has 2 heterocycles. The van der Waals surface area contributed by atoms with Crippen molar-refractivity contribution < 1.29 is 18.7 Å². The molecule has 0 radical (unpaired) electrons. The van der Waals surface area contributed by atoms with Crippen LogP contribution in [0.15, 0.2) is 101 Å². The van der Waals surface area contributed by atoms with E-state index >= 15 is 0 Å². The molecule has 1 aliphatic rings. The number of carbonyl (C=O) groups is 2. The van der Waals surface area contributed by atoms with Crippen molar-refractivity contribution >= 4 is 29.3 Å². The molecule has 5 rings (SSSR count). The van der Waals surface area contributed by atoms with Crippen LogP contribution in [0.25, 0.3) is 23.1 Å². The van der Waals surface area contributed by atoms with E-state index in [0.29, 0.717) is 29.3 Å². The van der Waals surface area contributed by atoms with E-state index in [0.717, 1.165) is 28.1 Å². The number of anilines is 1. The number of esters is 1. The van der Waals surface area contributed by atoms with Gasteiger partial charge in [0.2, 0.25) is 0 Å². The minimum atomic E-state index is -0.354. The van der Waals surface area contributed by atoms with Crippen molar-refractivity contribution in [3.63, 3.8) is 0 Å². The van der Waals surface area contributed by atoms with Gasteiger partial charge < -0.3 is 9.15 Å². The van der Waals surface area contributed by atoms with Crippen molar-refractivity contribution in [3.8, 4) is 11.3 Å². The predicted molar refractivity (Wildman–Crippen MR) is 146 cm³/mol. The number of hydrogen-bond acceptors (Lipinski definition) is 4. The smallest absolute Gasteiger partial charge is 0.338 e. The van der Waals surface area contributed by atoms with Crippen LogP contribution in [-0.4, -0.2) is 18.5 Å². The largest absolute Gasteiger partial charge is 0.462 e. The third kappa shape index (κ3) is 4.89. The van der Waals surface area contributed by atoms with E-state index in [1.54, 1.807) is 30.0 Å². The molecule has 0 saturated heterocycles. The van der Waals surface area contributed by atoms with Crippen LogP contribution in [0.5, 0.6) is 0 Å². The van der Waals surface area contributed by atoms with Gasteiger partial charge in [0.05, 0.1) is 17.9 Å². The normalized spacial score (nSPS) is 14.2. The van der Waals surface area contributed by atoms with Crippen molar-refractivity contribution in [3.05, 3.63) is 125 Å². The highest BCUT2D eigenvalue weighted by Crippen LogP contribution is 2.36. The Morgan fingerprint density at radius 2 is 1.65 bits per heavy atom. The minimum absolute atomic E-state index is 0.112. The summed E-state index contributed by atoms with van der Waals surface area (Å²) in [6.45, 7) is 6.21. The molecule has 3 aromatic carbocycles. The maximum Gasteiger partial charge on any atom is 0.338 e. The molecule has 1 aromatic heterocycles. The first-order valence-electron chi connectivity index (χ1n) is 12.2. The monoisotopic (exact) mass is 489 g/mol. The Morgan fingerprint density at radius 3 is 2.35 bits per heavy atom. The number of aryl methyl sites for hydroxylation is 2. The molecule has 1 amide bonds. The maximum absolute atomic E-state index is 13.6. The Bertz CT molecular complexity index is 1520. The predicted octanol–water partition coefficient (Wildman–Crippen LogP) is 7.21. The summed E-state index contributed by atoms with van der Waals surface area (Å²) in [4.78, 5) is 27.3. The van der Waals surface area contributed by atoms with E-state index in [9.17, 15) is 9.59 Å². The fraction of sp³-hybridized carbons (Fsp3) is 0.125. The van der Waals surface area contributed by atoms with E-state index in [4.69, 9.17) is 9.15 Å². The van der Waals surface area contributed by atoms with E-state index < -0.39 is 0 Å². The van der Waals surface area contributed by atoms with Gasteiger partial charge in [0.1, 0.15) is 11.5 Å². The zero-order valence-corrected chi connectivity index (χ0v) is 21.0. The molecule has 0 N–H and O–H groups in total. The Labute approximate surface area is 216 Å². The molecule has 1 aliphatic heterocycles. The summed E-state index contributed by atoms with van der Waals surface area (Å²) in [6.07, 6.45) is 3.67. The van der Waals surface area contributed by atoms with Crippen LogP contribution in [0.4, 0.5) is 5.69 Å². The number of amides is 1. The lowest BCUT2D eigenvalue weighted by molar-refractivity contribution is -0.113. The van der Waals surface area contributed by atoms with Crippen LogP contribution in [0.2, 0.25) is 0 Å². The Hall–Kier alpha value is -4.64. The van der Waals surface area contributed by atoms with E-state index in [1.165, 1.54) is 5.56 Å². The zero-order chi connectivity index (χ0) is 25.9. The standard InChI is InChI=1S/C32H27NO4/c1-4-36-32(35)25-13-11-24(12-14-25)30-17-16-28(37-30)19-26-20-29(23-8-6-5-7-9-23)33(31(26)34)27-15-10-21(2)22(3)18-27/h5-20H,4H2,1-3H3/b26-19-. The van der Waals surface area contributed by atoms with Gasteiger partial charge in [-0.15, -0.1) is 0 Å². The molecule has 184 valence electrons. The molecular weight excluding hydrogens is 462 g/mol. The first-order valence-corrected chi connectivity index (χ1v) is 12.2. The summed E-state index contributed by atoms with van der Waals surface area (Å²) in [7, 11) is 0. The molecule has 5 nitrogen and oxygen atoms in total. The van der Waals surface area contributed by atoms with Crippen LogP contribution < -0.4 is 4.90 Å². The number of ether oxygens (including phenoxy) is 1. The van der Waals surface area contributed by atoms with Gasteiger partial charge in [-0.1, -0.05) is 48.5 Å². The second-order valence-electron chi connectivity index (χ2n) is 8.90. The van der Waals surface area contributed by atoms with Crippen molar-refractivity contribution in [1.82, 2.24) is 0 Å². The molecule has 0 spiro atoms. The van der Waals surface area contributed by atoms with Gasteiger partial charge in [-0.2, -0.15) is 0 Å². The summed E-state index contributed by atoms with van der Waals surface area (Å²) < 4.78 is 11.1. The van der Waals surface area contributed by atoms with Gasteiger partial charge in [0.15, 0.2) is 0 Å². The molecule has 0 aliphatic carbocycles. The number of benzene rings is 3. The number of hydrogen-bond donors (Lipinski definition) is 0. The van der Waals surface area contributed by atoms with E-state index in [1.807, 2.05) is 85.8 Å². The SMILES string of the molecule is CCOC(=O)c1ccc(-c2ccc(/C=C3/C=C(c4ccccc4)N(c4ccc(C)c(C)c4)C3=O)o2)cc1. The van der Waals surface area contributed by atoms with Crippen LogP contribution in [0.3, 0.4) is 0 Å². The van der Waals surface area contributed by atoms with Crippen LogP contribution >= 0.6 is 0 Å². The average Bonchev–Trinajstić information content (AvgIpc) is 3.51. The minimum Gasteiger partial charge on any atom is -0.462 e. The second kappa shape index (κ2) is 10.2. The lowest BCUT2D eigenvalue weighted by Gasteiger charge is -2.21. The lowest BCUT2D eigenvalue weighted by atomic mass is 10.1. The summed E-state index contributed by atoms with van der Waals surface area (Å²) in [6, 6.07) is 26.7. The number of rotatable bonds is 6. The molecule has 0 bridgehead atoms. The fourth-order valence-corrected chi connectivity index (χ4v) is 4.28. The average molecular weight is 490 g/mol. The fourth-order valence-electron chi connectivity index (χ4n) is 4.28. The van der Waals surface area contributed by atoms with Gasteiger partial charge in [-0.3, -0.25) is 9.69 Å². The molecule has 5 heteroatoms. The van der Waals surface area contributed by atoms with Crippen LogP contribution in [-0.2, 0) is 9.53 Å².